The molecule has 1 saturated carbocycles. The molecule has 1 heterocycles. The minimum Gasteiger partial charge on any atom is -0.545 e. The van der Waals surface area contributed by atoms with Crippen LogP contribution in [0.4, 0.5) is 0 Å². The first kappa shape index (κ1) is 11.0. The van der Waals surface area contributed by atoms with Gasteiger partial charge in [0.25, 0.3) is 0 Å². The fraction of sp³-hybridized carbons (Fsp3) is 0.364. The zero-order chi connectivity index (χ0) is 11.7. The van der Waals surface area contributed by atoms with Crippen LogP contribution in [0.1, 0.15) is 40.4 Å². The Morgan fingerprint density at radius 2 is 2.38 bits per heavy atom. The highest BCUT2D eigenvalue weighted by Gasteiger charge is 2.27. The topological polar surface area (TPSA) is 76.8 Å². The molecule has 16 heavy (non-hydrogen) atoms. The molecule has 0 aromatic carbocycles. The van der Waals surface area contributed by atoms with Gasteiger partial charge in [-0.1, -0.05) is 0 Å². The van der Waals surface area contributed by atoms with E-state index in [9.17, 15) is 9.90 Å². The van der Waals surface area contributed by atoms with Crippen molar-refractivity contribution in [2.24, 2.45) is 0 Å². The first-order chi connectivity index (χ1) is 7.67. The highest BCUT2D eigenvalue weighted by atomic mass is 32.2. The maximum absolute atomic E-state index is 10.9. The van der Waals surface area contributed by atoms with E-state index in [4.69, 9.17) is 5.26 Å². The van der Waals surface area contributed by atoms with Crippen molar-refractivity contribution in [1.29, 1.82) is 5.26 Å². The smallest absolute Gasteiger partial charge is 0.115 e. The molecule has 0 unspecified atom stereocenters. The molecule has 0 bridgehead atoms. The quantitative estimate of drug-likeness (QED) is 0.725. The number of thioether (sulfide) groups is 1. The number of carboxylic acids is 1. The number of nitrogens with zero attached hydrogens (tertiary/aromatic N) is 2. The van der Waals surface area contributed by atoms with Gasteiger partial charge in [0, 0.05) is 17.2 Å². The van der Waals surface area contributed by atoms with Crippen molar-refractivity contribution in [2.45, 2.75) is 23.8 Å². The lowest BCUT2D eigenvalue weighted by Gasteiger charge is -2.10. The maximum atomic E-state index is 10.9. The Bertz CT molecular complexity index is 489. The summed E-state index contributed by atoms with van der Waals surface area (Å²) in [6, 6.07) is 3.36. The molecule has 0 saturated heterocycles. The van der Waals surface area contributed by atoms with Crippen LogP contribution in [0.5, 0.6) is 0 Å². The van der Waals surface area contributed by atoms with E-state index in [0.717, 1.165) is 18.5 Å². The Kier molecular flexibility index (Phi) is 2.84. The summed E-state index contributed by atoms with van der Waals surface area (Å²) in [6.07, 6.45) is 3.86. The fourth-order valence-corrected chi connectivity index (χ4v) is 2.10. The Morgan fingerprint density at radius 3 is 2.81 bits per heavy atom. The molecule has 0 atom stereocenters. The zero-order valence-corrected chi connectivity index (χ0v) is 9.50. The molecular formula is C11H9N2O2S-. The van der Waals surface area contributed by atoms with Gasteiger partial charge >= 0.3 is 0 Å². The lowest BCUT2D eigenvalue weighted by Crippen LogP contribution is -2.24. The predicted octanol–water partition coefficient (Wildman–Crippen LogP) is 0.916. The van der Waals surface area contributed by atoms with E-state index in [1.54, 1.807) is 6.26 Å². The molecule has 2 rings (SSSR count). The van der Waals surface area contributed by atoms with E-state index < -0.39 is 5.97 Å². The molecule has 1 aliphatic rings. The summed E-state index contributed by atoms with van der Waals surface area (Å²) in [5.41, 5.74) is 0.836. The van der Waals surface area contributed by atoms with Crippen molar-refractivity contribution >= 4 is 17.7 Å². The highest BCUT2D eigenvalue weighted by Crippen LogP contribution is 2.40. The van der Waals surface area contributed by atoms with Crippen LogP contribution in [-0.4, -0.2) is 17.2 Å². The zero-order valence-electron chi connectivity index (χ0n) is 8.69. The van der Waals surface area contributed by atoms with Gasteiger partial charge in [0.15, 0.2) is 0 Å². The van der Waals surface area contributed by atoms with Crippen molar-refractivity contribution in [3.63, 3.8) is 0 Å². The van der Waals surface area contributed by atoms with Crippen LogP contribution < -0.4 is 5.11 Å². The Labute approximate surface area is 97.3 Å². The third-order valence-corrected chi connectivity index (χ3v) is 3.21. The van der Waals surface area contributed by atoms with E-state index in [1.807, 2.05) is 6.07 Å². The van der Waals surface area contributed by atoms with Crippen molar-refractivity contribution < 1.29 is 9.90 Å². The van der Waals surface area contributed by atoms with Gasteiger partial charge in [0.2, 0.25) is 0 Å². The monoisotopic (exact) mass is 233 g/mol. The number of rotatable bonds is 3. The standard InChI is InChI=1S/C11H10N2O2S/c1-16-10-8(5-12)7(11(14)15)4-9(13-10)6-2-3-6/h4,6H,2-3H2,1H3,(H,14,15)/p-1. The molecule has 0 radical (unpaired) electrons. The van der Waals surface area contributed by atoms with Gasteiger partial charge in [-0.15, -0.1) is 11.8 Å². The first-order valence-electron chi connectivity index (χ1n) is 4.87. The van der Waals surface area contributed by atoms with Gasteiger partial charge in [-0.25, -0.2) is 4.98 Å². The van der Waals surface area contributed by atoms with E-state index >= 15 is 0 Å². The molecule has 0 N–H and O–H groups in total. The first-order valence-corrected chi connectivity index (χ1v) is 6.10. The van der Waals surface area contributed by atoms with Gasteiger partial charge in [0.1, 0.15) is 11.1 Å². The number of nitriles is 1. The number of carbonyl (C=O) groups excluding carboxylic acids is 1. The van der Waals surface area contributed by atoms with Crippen LogP contribution in [-0.2, 0) is 0 Å². The number of aromatic nitrogens is 1. The Morgan fingerprint density at radius 1 is 1.69 bits per heavy atom. The molecule has 1 aromatic heterocycles. The third-order valence-electron chi connectivity index (χ3n) is 2.53. The van der Waals surface area contributed by atoms with Gasteiger partial charge in [-0.05, 0) is 25.2 Å². The maximum Gasteiger partial charge on any atom is 0.115 e. The molecule has 0 amide bonds. The molecule has 4 nitrogen and oxygen atoms in total. The lowest BCUT2D eigenvalue weighted by atomic mass is 10.1. The lowest BCUT2D eigenvalue weighted by molar-refractivity contribution is -0.255. The molecule has 1 aliphatic carbocycles. The second-order valence-corrected chi connectivity index (χ2v) is 4.45. The minimum atomic E-state index is -1.31. The minimum absolute atomic E-state index is 0.0382. The van der Waals surface area contributed by atoms with E-state index in [0.29, 0.717) is 10.9 Å². The summed E-state index contributed by atoms with van der Waals surface area (Å²) in [4.78, 5) is 15.3. The molecular weight excluding hydrogens is 224 g/mol. The second kappa shape index (κ2) is 4.14. The normalized spacial score (nSPS) is 14.5. The van der Waals surface area contributed by atoms with Gasteiger partial charge in [-0.2, -0.15) is 5.26 Å². The van der Waals surface area contributed by atoms with Crippen LogP contribution >= 0.6 is 11.8 Å². The van der Waals surface area contributed by atoms with Crippen LogP contribution in [0.15, 0.2) is 11.1 Å². The summed E-state index contributed by atoms with van der Waals surface area (Å²) in [5.74, 6) is -0.951. The average molecular weight is 233 g/mol. The van der Waals surface area contributed by atoms with Crippen molar-refractivity contribution in [3.8, 4) is 6.07 Å². The summed E-state index contributed by atoms with van der Waals surface area (Å²) < 4.78 is 0. The summed E-state index contributed by atoms with van der Waals surface area (Å²) in [6.45, 7) is 0. The SMILES string of the molecule is CSc1nc(C2CC2)cc(C(=O)[O-])c1C#N. The van der Waals surface area contributed by atoms with Crippen LogP contribution in [0.2, 0.25) is 0 Å². The fourth-order valence-electron chi connectivity index (χ4n) is 1.55. The molecule has 1 aromatic rings. The number of hydrogen-bond donors (Lipinski definition) is 0. The Balaban J connectivity index is 2.59. The average Bonchev–Trinajstić information content (AvgIpc) is 3.10. The number of aromatic carboxylic acids is 1. The summed E-state index contributed by atoms with van der Waals surface area (Å²) >= 11 is 1.29. The Hall–Kier alpha value is -1.54. The molecule has 5 heteroatoms. The van der Waals surface area contributed by atoms with Crippen molar-refractivity contribution in [1.82, 2.24) is 4.98 Å². The third kappa shape index (κ3) is 1.89. The van der Waals surface area contributed by atoms with E-state index in [2.05, 4.69) is 4.98 Å². The van der Waals surface area contributed by atoms with Crippen LogP contribution in [0.25, 0.3) is 0 Å². The van der Waals surface area contributed by atoms with E-state index in [-0.39, 0.29) is 11.1 Å². The van der Waals surface area contributed by atoms with Crippen molar-refractivity contribution in [2.75, 3.05) is 6.26 Å². The van der Waals surface area contributed by atoms with E-state index in [1.165, 1.54) is 17.8 Å². The molecule has 0 spiro atoms. The molecule has 82 valence electrons. The summed E-state index contributed by atoms with van der Waals surface area (Å²) in [7, 11) is 0. The number of pyridine rings is 1. The van der Waals surface area contributed by atoms with Gasteiger partial charge in [-0.3, -0.25) is 0 Å². The summed E-state index contributed by atoms with van der Waals surface area (Å²) in [5, 5.41) is 20.4. The second-order valence-electron chi connectivity index (χ2n) is 3.65. The number of carbonyl (C=O) groups is 1. The molecule has 0 aliphatic heterocycles. The van der Waals surface area contributed by atoms with Crippen LogP contribution in [0, 0.1) is 11.3 Å². The van der Waals surface area contributed by atoms with Crippen LogP contribution in [0.3, 0.4) is 0 Å². The predicted molar refractivity (Wildman–Crippen MR) is 57.0 cm³/mol. The largest absolute Gasteiger partial charge is 0.545 e. The van der Waals surface area contributed by atoms with Crippen molar-refractivity contribution in [3.05, 3.63) is 22.9 Å². The number of hydrogen-bond acceptors (Lipinski definition) is 5. The highest BCUT2D eigenvalue weighted by molar-refractivity contribution is 7.98. The number of carboxylic acid groups (broad SMARTS) is 1. The van der Waals surface area contributed by atoms with Gasteiger partial charge in [0.05, 0.1) is 11.5 Å². The molecule has 1 fully saturated rings. The van der Waals surface area contributed by atoms with Gasteiger partial charge < -0.3 is 9.90 Å².